The first kappa shape index (κ1) is 22.0. The molecule has 0 saturated heterocycles. The molecule has 2 aromatic carbocycles. The van der Waals surface area contributed by atoms with Crippen molar-refractivity contribution in [3.05, 3.63) is 56.9 Å². The van der Waals surface area contributed by atoms with Crippen LogP contribution < -0.4 is 9.47 Å². The van der Waals surface area contributed by atoms with E-state index in [1.165, 1.54) is 30.3 Å². The fraction of sp³-hybridized carbons (Fsp3) is 0.167. The van der Waals surface area contributed by atoms with E-state index in [4.69, 9.17) is 27.9 Å². The normalized spacial score (nSPS) is 12.0. The predicted octanol–water partition coefficient (Wildman–Crippen LogP) is 5.33. The summed E-state index contributed by atoms with van der Waals surface area (Å²) in [6.45, 7) is -1.25. The Bertz CT molecular complexity index is 1050. The van der Waals surface area contributed by atoms with Crippen LogP contribution in [0.1, 0.15) is 12.5 Å². The van der Waals surface area contributed by atoms with Gasteiger partial charge in [-0.3, -0.25) is 0 Å². The molecule has 0 aliphatic heterocycles. The maximum absolute atomic E-state index is 12.8. The minimum absolute atomic E-state index is 0.0213. The molecule has 0 unspecified atom stereocenters. The van der Waals surface area contributed by atoms with Gasteiger partial charge in [-0.1, -0.05) is 29.3 Å². The van der Waals surface area contributed by atoms with E-state index in [9.17, 15) is 22.5 Å². The van der Waals surface area contributed by atoms with E-state index in [1.807, 2.05) is 0 Å². The summed E-state index contributed by atoms with van der Waals surface area (Å²) < 4.78 is 60.1. The summed E-state index contributed by atoms with van der Waals surface area (Å²) in [7, 11) is -4.27. The van der Waals surface area contributed by atoms with Crippen LogP contribution in [0.2, 0.25) is 10.0 Å². The first-order chi connectivity index (χ1) is 13.2. The van der Waals surface area contributed by atoms with Crippen LogP contribution in [-0.2, 0) is 9.84 Å². The van der Waals surface area contributed by atoms with Gasteiger partial charge in [0.25, 0.3) is 0 Å². The maximum atomic E-state index is 12.8. The van der Waals surface area contributed by atoms with E-state index in [1.54, 1.807) is 13.0 Å². The topological polar surface area (TPSA) is 76.4 Å². The third-order valence-electron chi connectivity index (χ3n) is 3.36. The fourth-order valence-corrected chi connectivity index (χ4v) is 4.11. The lowest BCUT2D eigenvalue weighted by Gasteiger charge is -2.12. The molecule has 5 nitrogen and oxygen atoms in total. The van der Waals surface area contributed by atoms with Crippen LogP contribution in [0.5, 0.6) is 11.5 Å². The Morgan fingerprint density at radius 2 is 1.93 bits per heavy atom. The van der Waals surface area contributed by atoms with Crippen LogP contribution in [-0.4, -0.2) is 21.6 Å². The molecule has 0 radical (unpaired) electrons. The molecule has 0 N–H and O–H groups in total. The monoisotopic (exact) mass is 447 g/mol. The number of allylic oxidation sites excluding steroid dienone is 1. The van der Waals surface area contributed by atoms with Crippen molar-refractivity contribution in [1.82, 2.24) is 0 Å². The molecule has 10 heteroatoms. The Kier molecular flexibility index (Phi) is 7.24. The van der Waals surface area contributed by atoms with Crippen molar-refractivity contribution < 1.29 is 26.7 Å². The molecule has 0 aromatic heterocycles. The Morgan fingerprint density at radius 3 is 2.54 bits per heavy atom. The Balaban J connectivity index is 2.53. The van der Waals surface area contributed by atoms with E-state index in [-0.39, 0.29) is 38.6 Å². The first-order valence-corrected chi connectivity index (χ1v) is 9.96. The number of nitrogens with zero attached hydrogens (tertiary/aromatic N) is 1. The van der Waals surface area contributed by atoms with Gasteiger partial charge >= 0.3 is 6.61 Å². The number of alkyl halides is 2. The average Bonchev–Trinajstić information content (AvgIpc) is 2.63. The van der Waals surface area contributed by atoms with Gasteiger partial charge in [0.05, 0.1) is 16.5 Å². The number of benzene rings is 2. The highest BCUT2D eigenvalue weighted by Gasteiger charge is 2.24. The number of ether oxygens (including phenoxy) is 2. The quantitative estimate of drug-likeness (QED) is 0.535. The zero-order chi connectivity index (χ0) is 20.9. The molecular weight excluding hydrogens is 435 g/mol. The van der Waals surface area contributed by atoms with Crippen molar-refractivity contribution in [3.8, 4) is 17.6 Å². The van der Waals surface area contributed by atoms with E-state index < -0.39 is 21.4 Å². The maximum Gasteiger partial charge on any atom is 0.387 e. The summed E-state index contributed by atoms with van der Waals surface area (Å²) in [5, 5.41) is 9.40. The summed E-state index contributed by atoms with van der Waals surface area (Å²) in [5.74, 6) is -0.236. The second-order valence-corrected chi connectivity index (χ2v) is 7.95. The number of sulfone groups is 1. The van der Waals surface area contributed by atoms with Crippen molar-refractivity contribution in [2.24, 2.45) is 0 Å². The van der Waals surface area contributed by atoms with Crippen LogP contribution in [0, 0.1) is 11.3 Å². The molecule has 148 valence electrons. The van der Waals surface area contributed by atoms with E-state index in [0.717, 1.165) is 12.1 Å². The van der Waals surface area contributed by atoms with Gasteiger partial charge in [0.1, 0.15) is 11.0 Å². The largest absolute Gasteiger partial charge is 0.490 e. The zero-order valence-electron chi connectivity index (χ0n) is 14.3. The lowest BCUT2D eigenvalue weighted by atomic mass is 10.2. The van der Waals surface area contributed by atoms with Gasteiger partial charge in [0, 0.05) is 5.02 Å². The lowest BCUT2D eigenvalue weighted by molar-refractivity contribution is -0.0514. The Labute approximate surface area is 170 Å². The molecule has 2 rings (SSSR count). The first-order valence-electron chi connectivity index (χ1n) is 7.72. The highest BCUT2D eigenvalue weighted by atomic mass is 35.5. The van der Waals surface area contributed by atoms with Crippen LogP contribution >= 0.6 is 23.2 Å². The van der Waals surface area contributed by atoms with Gasteiger partial charge in [-0.15, -0.1) is 0 Å². The SMILES string of the molecule is CCOc1cc(C=C(C#N)S(=O)(=O)c2cc(Cl)ccc2Cl)ccc1OC(F)F. The summed E-state index contributed by atoms with van der Waals surface area (Å²) in [5.41, 5.74) is 0.225. The molecule has 2 aromatic rings. The molecule has 0 aliphatic rings. The highest BCUT2D eigenvalue weighted by Crippen LogP contribution is 2.33. The minimum atomic E-state index is -4.27. The highest BCUT2D eigenvalue weighted by molar-refractivity contribution is 7.95. The van der Waals surface area contributed by atoms with Gasteiger partial charge < -0.3 is 9.47 Å². The Morgan fingerprint density at radius 1 is 1.21 bits per heavy atom. The second kappa shape index (κ2) is 9.24. The summed E-state index contributed by atoms with van der Waals surface area (Å²) >= 11 is 11.8. The van der Waals surface area contributed by atoms with Crippen LogP contribution in [0.15, 0.2) is 46.2 Å². The molecule has 0 amide bonds. The minimum Gasteiger partial charge on any atom is -0.490 e. The molecular formula is C18H13Cl2F2NO4S. The standard InChI is InChI=1S/C18H13Cl2F2NO4S/c1-2-26-16-8-11(3-6-15(16)27-18(21)22)7-13(10-23)28(24,25)17-9-12(19)4-5-14(17)20/h3-9,18H,2H2,1H3. The van der Waals surface area contributed by atoms with Crippen molar-refractivity contribution in [3.63, 3.8) is 0 Å². The number of nitriles is 1. The summed E-state index contributed by atoms with van der Waals surface area (Å²) in [6, 6.07) is 9.25. The third kappa shape index (κ3) is 5.13. The number of halogens is 4. The predicted molar refractivity (Wildman–Crippen MR) is 101 cm³/mol. The molecule has 0 fully saturated rings. The molecule has 28 heavy (non-hydrogen) atoms. The van der Waals surface area contributed by atoms with Gasteiger partial charge in [0.2, 0.25) is 9.84 Å². The van der Waals surface area contributed by atoms with Gasteiger partial charge in [0.15, 0.2) is 11.5 Å². The van der Waals surface area contributed by atoms with Gasteiger partial charge in [-0.05, 0) is 48.9 Å². The van der Waals surface area contributed by atoms with Crippen molar-refractivity contribution >= 4 is 39.1 Å². The van der Waals surface area contributed by atoms with Crippen LogP contribution in [0.25, 0.3) is 6.08 Å². The molecule has 0 spiro atoms. The van der Waals surface area contributed by atoms with E-state index >= 15 is 0 Å². The number of hydrogen-bond acceptors (Lipinski definition) is 5. The van der Waals surface area contributed by atoms with Crippen molar-refractivity contribution in [2.75, 3.05) is 6.61 Å². The molecule has 0 saturated carbocycles. The average molecular weight is 448 g/mol. The zero-order valence-corrected chi connectivity index (χ0v) is 16.7. The second-order valence-electron chi connectivity index (χ2n) is 5.22. The van der Waals surface area contributed by atoms with Crippen molar-refractivity contribution in [1.29, 1.82) is 5.26 Å². The number of rotatable bonds is 7. The number of hydrogen-bond donors (Lipinski definition) is 0. The third-order valence-corrected chi connectivity index (χ3v) is 5.75. The van der Waals surface area contributed by atoms with Gasteiger partial charge in [-0.2, -0.15) is 14.0 Å². The fourth-order valence-electron chi connectivity index (χ4n) is 2.20. The lowest BCUT2D eigenvalue weighted by Crippen LogP contribution is -2.05. The van der Waals surface area contributed by atoms with Gasteiger partial charge in [-0.25, -0.2) is 8.42 Å². The van der Waals surface area contributed by atoms with E-state index in [0.29, 0.717) is 0 Å². The summed E-state index contributed by atoms with van der Waals surface area (Å²) in [6.07, 6.45) is 1.07. The van der Waals surface area contributed by atoms with Crippen LogP contribution in [0.3, 0.4) is 0 Å². The molecule has 0 heterocycles. The van der Waals surface area contributed by atoms with E-state index in [2.05, 4.69) is 4.74 Å². The molecule has 0 atom stereocenters. The van der Waals surface area contributed by atoms with Crippen LogP contribution in [0.4, 0.5) is 8.78 Å². The van der Waals surface area contributed by atoms with Crippen molar-refractivity contribution in [2.45, 2.75) is 18.4 Å². The smallest absolute Gasteiger partial charge is 0.387 e. The molecule has 0 aliphatic carbocycles. The Hall–Kier alpha value is -2.34. The summed E-state index contributed by atoms with van der Waals surface area (Å²) in [4.78, 5) is -0.932. The molecule has 0 bridgehead atoms.